The molecule has 1 heterocycles. The quantitative estimate of drug-likeness (QED) is 0.739. The average Bonchev–Trinajstić information content (AvgIpc) is 2.25. The van der Waals surface area contributed by atoms with E-state index in [9.17, 15) is 0 Å². The van der Waals surface area contributed by atoms with Crippen LogP contribution in [-0.4, -0.2) is 13.2 Å². The molecule has 16 heavy (non-hydrogen) atoms. The Morgan fingerprint density at radius 1 is 1.06 bits per heavy atom. The van der Waals surface area contributed by atoms with Gasteiger partial charge in [-0.1, -0.05) is 35.9 Å². The molecule has 1 saturated heterocycles. The third-order valence-electron chi connectivity index (χ3n) is 3.21. The largest absolute Gasteiger partial charge is 0.378 e. The summed E-state index contributed by atoms with van der Waals surface area (Å²) in [6.07, 6.45) is 0. The first kappa shape index (κ1) is 10.2. The van der Waals surface area contributed by atoms with Gasteiger partial charge < -0.3 is 4.74 Å². The summed E-state index contributed by atoms with van der Waals surface area (Å²) in [5, 5.41) is 2.57. The van der Waals surface area contributed by atoms with Gasteiger partial charge in [-0.15, -0.1) is 0 Å². The van der Waals surface area contributed by atoms with Crippen LogP contribution in [0.15, 0.2) is 36.4 Å². The Morgan fingerprint density at radius 3 is 2.44 bits per heavy atom. The van der Waals surface area contributed by atoms with Crippen LogP contribution >= 0.6 is 12.6 Å². The maximum atomic E-state index is 5.25. The molecule has 0 radical (unpaired) electrons. The molecule has 1 aliphatic rings. The number of fused-ring (bicyclic) bond motifs is 1. The average molecular weight is 230 g/mol. The number of hydrogen-bond acceptors (Lipinski definition) is 2. The molecular formula is C14H14OS. The Kier molecular flexibility index (Phi) is 2.23. The first-order valence-corrected chi connectivity index (χ1v) is 5.93. The van der Waals surface area contributed by atoms with Crippen molar-refractivity contribution in [2.24, 2.45) is 0 Å². The van der Waals surface area contributed by atoms with Gasteiger partial charge in [0.25, 0.3) is 0 Å². The van der Waals surface area contributed by atoms with Gasteiger partial charge in [0.15, 0.2) is 0 Å². The molecule has 1 fully saturated rings. The van der Waals surface area contributed by atoms with Crippen molar-refractivity contribution in [2.45, 2.75) is 11.7 Å². The second-order valence-corrected chi connectivity index (χ2v) is 5.45. The van der Waals surface area contributed by atoms with Gasteiger partial charge in [0.1, 0.15) is 0 Å². The smallest absolute Gasteiger partial charge is 0.0844 e. The van der Waals surface area contributed by atoms with E-state index in [0.717, 1.165) is 0 Å². The molecule has 3 rings (SSSR count). The van der Waals surface area contributed by atoms with Crippen molar-refractivity contribution in [3.8, 4) is 0 Å². The molecule has 0 atom stereocenters. The van der Waals surface area contributed by atoms with E-state index < -0.39 is 0 Å². The molecule has 0 spiro atoms. The SMILES string of the molecule is Cc1ccc2cc(C3(S)COC3)ccc2c1. The summed E-state index contributed by atoms with van der Waals surface area (Å²) in [5.74, 6) is 0. The second kappa shape index (κ2) is 3.51. The fourth-order valence-corrected chi connectivity index (χ4v) is 2.44. The minimum atomic E-state index is -0.0704. The first-order chi connectivity index (χ1) is 7.67. The van der Waals surface area contributed by atoms with Gasteiger partial charge in [-0.3, -0.25) is 0 Å². The summed E-state index contributed by atoms with van der Waals surface area (Å²) in [7, 11) is 0. The van der Waals surface area contributed by atoms with Gasteiger partial charge in [-0.25, -0.2) is 0 Å². The fraction of sp³-hybridized carbons (Fsp3) is 0.286. The third-order valence-corrected chi connectivity index (χ3v) is 3.73. The first-order valence-electron chi connectivity index (χ1n) is 5.48. The molecule has 2 aromatic carbocycles. The lowest BCUT2D eigenvalue weighted by Crippen LogP contribution is -2.41. The van der Waals surface area contributed by atoms with Crippen LogP contribution in [0.2, 0.25) is 0 Å². The summed E-state index contributed by atoms with van der Waals surface area (Å²) < 4.78 is 5.18. The Balaban J connectivity index is 2.12. The van der Waals surface area contributed by atoms with E-state index in [1.807, 2.05) is 0 Å². The molecule has 1 nitrogen and oxygen atoms in total. The molecule has 0 aliphatic carbocycles. The number of ether oxygens (including phenoxy) is 1. The van der Waals surface area contributed by atoms with Gasteiger partial charge in [-0.2, -0.15) is 12.6 Å². The fourth-order valence-electron chi connectivity index (χ4n) is 2.12. The van der Waals surface area contributed by atoms with E-state index in [4.69, 9.17) is 4.74 Å². The molecule has 2 heteroatoms. The summed E-state index contributed by atoms with van der Waals surface area (Å²) in [5.41, 5.74) is 2.56. The zero-order chi connectivity index (χ0) is 11.2. The maximum absolute atomic E-state index is 5.25. The van der Waals surface area contributed by atoms with Crippen molar-refractivity contribution in [3.63, 3.8) is 0 Å². The highest BCUT2D eigenvalue weighted by atomic mass is 32.1. The maximum Gasteiger partial charge on any atom is 0.0844 e. The Bertz CT molecular complexity index is 543. The number of benzene rings is 2. The van der Waals surface area contributed by atoms with Crippen LogP contribution in [0.1, 0.15) is 11.1 Å². The second-order valence-electron chi connectivity index (χ2n) is 4.59. The Labute approximate surface area is 101 Å². The molecule has 0 unspecified atom stereocenters. The van der Waals surface area contributed by atoms with Crippen LogP contribution in [-0.2, 0) is 9.48 Å². The Hall–Kier alpha value is -0.990. The lowest BCUT2D eigenvalue weighted by Gasteiger charge is -2.37. The van der Waals surface area contributed by atoms with Crippen molar-refractivity contribution in [1.29, 1.82) is 0 Å². The standard InChI is InChI=1S/C14H14OS/c1-10-2-3-12-7-13(5-4-11(12)6-10)14(16)8-15-9-14/h2-7,16H,8-9H2,1H3. The molecule has 0 bridgehead atoms. The van der Waals surface area contributed by atoms with Crippen molar-refractivity contribution in [2.75, 3.05) is 13.2 Å². The molecule has 0 aromatic heterocycles. The number of aryl methyl sites for hydroxylation is 1. The van der Waals surface area contributed by atoms with E-state index in [-0.39, 0.29) is 4.75 Å². The van der Waals surface area contributed by atoms with E-state index in [0.29, 0.717) is 13.2 Å². The molecular weight excluding hydrogens is 216 g/mol. The van der Waals surface area contributed by atoms with Crippen LogP contribution in [0.3, 0.4) is 0 Å². The van der Waals surface area contributed by atoms with Gasteiger partial charge in [0.05, 0.1) is 18.0 Å². The highest BCUT2D eigenvalue weighted by Crippen LogP contribution is 2.37. The summed E-state index contributed by atoms with van der Waals surface area (Å²) in [4.78, 5) is 0. The molecule has 2 aromatic rings. The van der Waals surface area contributed by atoms with Gasteiger partial charge in [0.2, 0.25) is 0 Å². The predicted octanol–water partition coefficient (Wildman–Crippen LogP) is 3.30. The lowest BCUT2D eigenvalue weighted by atomic mass is 9.93. The molecule has 0 amide bonds. The monoisotopic (exact) mass is 230 g/mol. The summed E-state index contributed by atoms with van der Waals surface area (Å²) >= 11 is 4.68. The summed E-state index contributed by atoms with van der Waals surface area (Å²) in [6, 6.07) is 13.1. The van der Waals surface area contributed by atoms with Crippen LogP contribution in [0, 0.1) is 6.92 Å². The van der Waals surface area contributed by atoms with Crippen molar-refractivity contribution in [1.82, 2.24) is 0 Å². The van der Waals surface area contributed by atoms with Crippen LogP contribution in [0.4, 0.5) is 0 Å². The summed E-state index contributed by atoms with van der Waals surface area (Å²) in [6.45, 7) is 3.55. The zero-order valence-corrected chi connectivity index (χ0v) is 10.1. The molecule has 82 valence electrons. The topological polar surface area (TPSA) is 9.23 Å². The van der Waals surface area contributed by atoms with E-state index in [1.165, 1.54) is 21.9 Å². The lowest BCUT2D eigenvalue weighted by molar-refractivity contribution is -0.00963. The molecule has 0 saturated carbocycles. The van der Waals surface area contributed by atoms with E-state index >= 15 is 0 Å². The number of thiol groups is 1. The molecule has 1 aliphatic heterocycles. The zero-order valence-electron chi connectivity index (χ0n) is 9.23. The predicted molar refractivity (Wildman–Crippen MR) is 70.2 cm³/mol. The third kappa shape index (κ3) is 1.53. The minimum absolute atomic E-state index is 0.0704. The number of rotatable bonds is 1. The van der Waals surface area contributed by atoms with Gasteiger partial charge in [0, 0.05) is 0 Å². The van der Waals surface area contributed by atoms with Crippen molar-refractivity contribution < 1.29 is 4.74 Å². The van der Waals surface area contributed by atoms with Crippen LogP contribution in [0.5, 0.6) is 0 Å². The van der Waals surface area contributed by atoms with Gasteiger partial charge in [-0.05, 0) is 29.3 Å². The minimum Gasteiger partial charge on any atom is -0.378 e. The highest BCUT2D eigenvalue weighted by molar-refractivity contribution is 7.81. The normalized spacial score (nSPS) is 18.4. The van der Waals surface area contributed by atoms with E-state index in [2.05, 4.69) is 56.0 Å². The Morgan fingerprint density at radius 2 is 1.75 bits per heavy atom. The van der Waals surface area contributed by atoms with Crippen LogP contribution < -0.4 is 0 Å². The van der Waals surface area contributed by atoms with E-state index in [1.54, 1.807) is 0 Å². The number of hydrogen-bond donors (Lipinski definition) is 1. The van der Waals surface area contributed by atoms with Crippen molar-refractivity contribution in [3.05, 3.63) is 47.5 Å². The molecule has 0 N–H and O–H groups in total. The highest BCUT2D eigenvalue weighted by Gasteiger charge is 2.36. The van der Waals surface area contributed by atoms with Crippen molar-refractivity contribution >= 4 is 23.4 Å². The van der Waals surface area contributed by atoms with Gasteiger partial charge >= 0.3 is 0 Å². The van der Waals surface area contributed by atoms with Crippen LogP contribution in [0.25, 0.3) is 10.8 Å².